The van der Waals surface area contributed by atoms with E-state index in [2.05, 4.69) is 49.5 Å². The lowest BCUT2D eigenvalue weighted by Crippen LogP contribution is -2.16. The smallest absolute Gasteiger partial charge is 0.174 e. The van der Waals surface area contributed by atoms with Crippen molar-refractivity contribution in [3.05, 3.63) is 25.8 Å². The highest BCUT2D eigenvalue weighted by molar-refractivity contribution is 9.11. The predicted molar refractivity (Wildman–Crippen MR) is 78.9 cm³/mol. The molecular weight excluding hydrogens is 338 g/mol. The number of halogens is 1. The molecule has 92 valence electrons. The van der Waals surface area contributed by atoms with Crippen molar-refractivity contribution in [2.45, 2.75) is 17.4 Å². The Morgan fingerprint density at radius 2 is 2.24 bits per heavy atom. The number of hydrogen-bond acceptors (Lipinski definition) is 6. The van der Waals surface area contributed by atoms with Crippen LogP contribution in [-0.2, 0) is 13.1 Å². The molecule has 7 heteroatoms. The highest BCUT2D eigenvalue weighted by Crippen LogP contribution is 2.23. The van der Waals surface area contributed by atoms with Crippen LogP contribution in [0.25, 0.3) is 0 Å². The van der Waals surface area contributed by atoms with Crippen LogP contribution < -0.4 is 0 Å². The zero-order valence-corrected chi connectivity index (χ0v) is 13.5. The molecule has 0 N–H and O–H groups in total. The van der Waals surface area contributed by atoms with Crippen molar-refractivity contribution in [1.29, 1.82) is 0 Å². The summed E-state index contributed by atoms with van der Waals surface area (Å²) in [5, 5.41) is 11.5. The molecule has 17 heavy (non-hydrogen) atoms. The Morgan fingerprint density at radius 1 is 1.41 bits per heavy atom. The molecule has 0 saturated carbocycles. The van der Waals surface area contributed by atoms with Gasteiger partial charge in [-0.05, 0) is 46.2 Å². The topological polar surface area (TPSA) is 29.0 Å². The molecule has 2 aromatic heterocycles. The van der Waals surface area contributed by atoms with Gasteiger partial charge in [-0.1, -0.05) is 23.1 Å². The van der Waals surface area contributed by atoms with Crippen LogP contribution in [0.3, 0.4) is 0 Å². The van der Waals surface area contributed by atoms with Gasteiger partial charge < -0.3 is 0 Å². The summed E-state index contributed by atoms with van der Waals surface area (Å²) in [4.78, 5) is 2.25. The van der Waals surface area contributed by atoms with Gasteiger partial charge in [-0.2, -0.15) is 0 Å². The minimum absolute atomic E-state index is 0.853. The fourth-order valence-corrected chi connectivity index (χ4v) is 4.01. The Labute approximate surface area is 121 Å². The molecule has 0 radical (unpaired) electrons. The molecule has 0 aliphatic heterocycles. The van der Waals surface area contributed by atoms with E-state index in [0.29, 0.717) is 0 Å². The Morgan fingerprint density at radius 3 is 2.82 bits per heavy atom. The molecule has 0 fully saturated rings. The van der Waals surface area contributed by atoms with Crippen LogP contribution in [0, 0.1) is 0 Å². The van der Waals surface area contributed by atoms with E-state index >= 15 is 0 Å². The fourth-order valence-electron chi connectivity index (χ4n) is 1.41. The maximum absolute atomic E-state index is 4.17. The highest BCUT2D eigenvalue weighted by atomic mass is 79.9. The van der Waals surface area contributed by atoms with Gasteiger partial charge in [-0.15, -0.1) is 21.5 Å². The lowest BCUT2D eigenvalue weighted by Gasteiger charge is -2.13. The maximum atomic E-state index is 4.17. The van der Waals surface area contributed by atoms with Crippen LogP contribution in [0.5, 0.6) is 0 Å². The Balaban J connectivity index is 1.90. The molecule has 0 aliphatic rings. The third-order valence-corrected chi connectivity index (χ3v) is 5.54. The maximum Gasteiger partial charge on any atom is 0.174 e. The van der Waals surface area contributed by atoms with Crippen LogP contribution in [0.1, 0.15) is 10.6 Å². The minimum atomic E-state index is 0.853. The lowest BCUT2D eigenvalue weighted by atomic mass is 10.3. The Hall–Kier alpha value is 0.0500. The standard InChI is InChI=1S/C10H12BrN3S3/c1-14(4-7-3-8(11)16-6-7)5-9-12-13-10(15-2)17-9/h3,6H,4-5H2,1-2H3. The van der Waals surface area contributed by atoms with Crippen molar-refractivity contribution >= 4 is 50.4 Å². The summed E-state index contributed by atoms with van der Waals surface area (Å²) in [5.41, 5.74) is 1.33. The van der Waals surface area contributed by atoms with Gasteiger partial charge in [0, 0.05) is 6.54 Å². The predicted octanol–water partition coefficient (Wildman–Crippen LogP) is 3.72. The first-order chi connectivity index (χ1) is 8.17. The van der Waals surface area contributed by atoms with E-state index in [-0.39, 0.29) is 0 Å². The van der Waals surface area contributed by atoms with Crippen molar-refractivity contribution in [2.75, 3.05) is 13.3 Å². The third-order valence-electron chi connectivity index (χ3n) is 2.10. The zero-order valence-electron chi connectivity index (χ0n) is 9.51. The number of rotatable bonds is 5. The summed E-state index contributed by atoms with van der Waals surface area (Å²) in [5.74, 6) is 0. The van der Waals surface area contributed by atoms with Gasteiger partial charge in [0.1, 0.15) is 5.01 Å². The highest BCUT2D eigenvalue weighted by Gasteiger charge is 2.08. The first-order valence-corrected chi connectivity index (χ1v) is 8.66. The van der Waals surface area contributed by atoms with Gasteiger partial charge in [0.25, 0.3) is 0 Å². The molecule has 0 bridgehead atoms. The molecule has 0 saturated heterocycles. The quantitative estimate of drug-likeness (QED) is 0.769. The van der Waals surface area contributed by atoms with Gasteiger partial charge >= 0.3 is 0 Å². The molecule has 2 rings (SSSR count). The van der Waals surface area contributed by atoms with Gasteiger partial charge in [0.05, 0.1) is 10.3 Å². The molecule has 0 spiro atoms. The molecule has 2 aromatic rings. The molecule has 3 nitrogen and oxygen atoms in total. The largest absolute Gasteiger partial charge is 0.295 e. The summed E-state index contributed by atoms with van der Waals surface area (Å²) >= 11 is 8.52. The van der Waals surface area contributed by atoms with Crippen LogP contribution in [0.4, 0.5) is 0 Å². The summed E-state index contributed by atoms with van der Waals surface area (Å²) in [6.07, 6.45) is 2.02. The number of thiophene rings is 1. The number of aromatic nitrogens is 2. The van der Waals surface area contributed by atoms with Crippen LogP contribution >= 0.6 is 50.4 Å². The first-order valence-electron chi connectivity index (χ1n) is 4.95. The van der Waals surface area contributed by atoms with E-state index in [9.17, 15) is 0 Å². The zero-order chi connectivity index (χ0) is 12.3. The normalized spacial score (nSPS) is 11.3. The van der Waals surface area contributed by atoms with Crippen molar-refractivity contribution in [3.63, 3.8) is 0 Å². The number of hydrogen-bond donors (Lipinski definition) is 0. The summed E-state index contributed by atoms with van der Waals surface area (Å²) in [6, 6.07) is 2.16. The summed E-state index contributed by atoms with van der Waals surface area (Å²) in [6.45, 7) is 1.79. The number of nitrogens with zero attached hydrogens (tertiary/aromatic N) is 3. The van der Waals surface area contributed by atoms with Gasteiger partial charge in [-0.3, -0.25) is 4.90 Å². The molecule has 0 aromatic carbocycles. The van der Waals surface area contributed by atoms with Crippen LogP contribution in [-0.4, -0.2) is 28.4 Å². The number of thioether (sulfide) groups is 1. The van der Waals surface area contributed by atoms with Crippen molar-refractivity contribution < 1.29 is 0 Å². The second-order valence-electron chi connectivity index (χ2n) is 3.60. The summed E-state index contributed by atoms with van der Waals surface area (Å²) in [7, 11) is 2.10. The Bertz CT molecular complexity index is 483. The minimum Gasteiger partial charge on any atom is -0.295 e. The van der Waals surface area contributed by atoms with E-state index in [1.54, 1.807) is 34.4 Å². The van der Waals surface area contributed by atoms with E-state index in [1.165, 1.54) is 9.35 Å². The van der Waals surface area contributed by atoms with Gasteiger partial charge in [0.15, 0.2) is 4.34 Å². The first kappa shape index (κ1) is 13.5. The van der Waals surface area contributed by atoms with Gasteiger partial charge in [-0.25, -0.2) is 0 Å². The molecular formula is C10H12BrN3S3. The lowest BCUT2D eigenvalue weighted by molar-refractivity contribution is 0.318. The van der Waals surface area contributed by atoms with Crippen LogP contribution in [0.2, 0.25) is 0 Å². The average Bonchev–Trinajstić information content (AvgIpc) is 2.88. The van der Waals surface area contributed by atoms with E-state index in [1.807, 2.05) is 6.26 Å². The molecule has 0 amide bonds. The Kier molecular flexibility index (Phi) is 4.98. The second kappa shape index (κ2) is 6.29. The third kappa shape index (κ3) is 4.03. The van der Waals surface area contributed by atoms with Crippen molar-refractivity contribution in [3.8, 4) is 0 Å². The fraction of sp³-hybridized carbons (Fsp3) is 0.400. The van der Waals surface area contributed by atoms with Gasteiger partial charge in [0.2, 0.25) is 0 Å². The summed E-state index contributed by atoms with van der Waals surface area (Å²) < 4.78 is 2.22. The average molecular weight is 350 g/mol. The van der Waals surface area contributed by atoms with E-state index in [4.69, 9.17) is 0 Å². The van der Waals surface area contributed by atoms with Crippen LogP contribution in [0.15, 0.2) is 19.6 Å². The van der Waals surface area contributed by atoms with E-state index in [0.717, 1.165) is 22.4 Å². The molecule has 0 aliphatic carbocycles. The molecule has 0 unspecified atom stereocenters. The SMILES string of the molecule is CSc1nnc(CN(C)Cc2csc(Br)c2)s1. The van der Waals surface area contributed by atoms with Crippen molar-refractivity contribution in [2.24, 2.45) is 0 Å². The molecule has 2 heterocycles. The van der Waals surface area contributed by atoms with E-state index < -0.39 is 0 Å². The molecule has 0 atom stereocenters. The van der Waals surface area contributed by atoms with Crippen molar-refractivity contribution in [1.82, 2.24) is 15.1 Å². The second-order valence-corrected chi connectivity index (χ2v) is 8.00. The monoisotopic (exact) mass is 349 g/mol.